The summed E-state index contributed by atoms with van der Waals surface area (Å²) >= 11 is 2.03. The molecule has 0 aliphatic rings. The van der Waals surface area contributed by atoms with E-state index in [1.165, 1.54) is 14.2 Å². The molecule has 7 nitrogen and oxygen atoms in total. The molecule has 0 fully saturated rings. The maximum Gasteiger partial charge on any atom is 0.345 e. The molecule has 0 saturated heterocycles. The number of thioether (sulfide) groups is 1. The van der Waals surface area contributed by atoms with Crippen LogP contribution in [0.15, 0.2) is 15.3 Å². The van der Waals surface area contributed by atoms with Gasteiger partial charge in [-0.05, 0) is 11.8 Å². The molecule has 0 atom stereocenters. The molecule has 0 aromatic carbocycles. The van der Waals surface area contributed by atoms with Crippen molar-refractivity contribution in [1.29, 1.82) is 0 Å². The quantitative estimate of drug-likeness (QED) is 0.479. The molecule has 0 aliphatic carbocycles. The Morgan fingerprint density at radius 2 is 2.06 bits per heavy atom. The Bertz CT molecular complexity index is 457. The van der Waals surface area contributed by atoms with Crippen molar-refractivity contribution in [2.45, 2.75) is 4.34 Å². The molecule has 92 valence electrons. The number of carbonyl (C=O) groups excluding carboxylic acids is 2. The molecular formula is C8H9N3O4S2. The maximum absolute atomic E-state index is 11.4. The van der Waals surface area contributed by atoms with Gasteiger partial charge in [-0.1, -0.05) is 11.3 Å². The van der Waals surface area contributed by atoms with E-state index in [0.29, 0.717) is 4.34 Å². The van der Waals surface area contributed by atoms with Gasteiger partial charge in [-0.2, -0.15) is 0 Å². The number of nitrogens with zero attached hydrogens (tertiary/aromatic N) is 2. The Kier molecular flexibility index (Phi) is 4.91. The first kappa shape index (κ1) is 13.5. The summed E-state index contributed by atoms with van der Waals surface area (Å²) in [6.45, 7) is 0. The summed E-state index contributed by atoms with van der Waals surface area (Å²) in [7, 11) is 2.42. The Morgan fingerprint density at radius 3 is 2.53 bits per heavy atom. The van der Waals surface area contributed by atoms with Crippen molar-refractivity contribution in [2.24, 2.45) is 0 Å². The van der Waals surface area contributed by atoms with Crippen molar-refractivity contribution in [3.05, 3.63) is 11.0 Å². The third kappa shape index (κ3) is 4.04. The number of nitrogen functional groups attached to an aromatic ring is 1. The van der Waals surface area contributed by atoms with Gasteiger partial charge in [-0.25, -0.2) is 9.59 Å². The van der Waals surface area contributed by atoms with Crippen LogP contribution in [-0.4, -0.2) is 36.4 Å². The van der Waals surface area contributed by atoms with Crippen LogP contribution >= 0.6 is 23.1 Å². The highest BCUT2D eigenvalue weighted by Gasteiger charge is 2.16. The molecule has 0 saturated carbocycles. The summed E-state index contributed by atoms with van der Waals surface area (Å²) < 4.78 is 9.38. The number of rotatable bonds is 4. The van der Waals surface area contributed by atoms with Crippen LogP contribution in [0, 0.1) is 0 Å². The van der Waals surface area contributed by atoms with Crippen LogP contribution in [0.4, 0.5) is 5.13 Å². The SMILES string of the molecule is COC(=O)/C=C(\Sc1nnc(N)s1)C(=O)OC. The Labute approximate surface area is 105 Å². The number of methoxy groups -OCH3 is 2. The maximum atomic E-state index is 11.4. The van der Waals surface area contributed by atoms with E-state index in [1.807, 2.05) is 0 Å². The smallest absolute Gasteiger partial charge is 0.345 e. The third-order valence-corrected chi connectivity index (χ3v) is 3.26. The van der Waals surface area contributed by atoms with Crippen molar-refractivity contribution in [3.63, 3.8) is 0 Å². The van der Waals surface area contributed by atoms with Gasteiger partial charge in [-0.15, -0.1) is 10.2 Å². The van der Waals surface area contributed by atoms with E-state index >= 15 is 0 Å². The molecule has 0 unspecified atom stereocenters. The molecule has 0 bridgehead atoms. The fourth-order valence-electron chi connectivity index (χ4n) is 0.752. The van der Waals surface area contributed by atoms with Gasteiger partial charge in [0.2, 0.25) is 5.13 Å². The molecule has 0 radical (unpaired) electrons. The minimum atomic E-state index is -0.658. The fraction of sp³-hybridized carbons (Fsp3) is 0.250. The predicted octanol–water partition coefficient (Wildman–Crippen LogP) is 0.442. The molecule has 0 amide bonds. The van der Waals surface area contributed by atoms with Crippen LogP contribution in [0.2, 0.25) is 0 Å². The summed E-state index contributed by atoms with van der Waals surface area (Å²) in [5.41, 5.74) is 5.39. The van der Waals surface area contributed by atoms with Crippen molar-refractivity contribution < 1.29 is 19.1 Å². The third-order valence-electron chi connectivity index (χ3n) is 1.46. The zero-order valence-electron chi connectivity index (χ0n) is 9.00. The minimum absolute atomic E-state index is 0.0514. The first-order valence-electron chi connectivity index (χ1n) is 4.21. The van der Waals surface area contributed by atoms with E-state index in [0.717, 1.165) is 29.2 Å². The van der Waals surface area contributed by atoms with Gasteiger partial charge in [0, 0.05) is 6.08 Å². The van der Waals surface area contributed by atoms with E-state index < -0.39 is 11.9 Å². The lowest BCUT2D eigenvalue weighted by atomic mass is 10.5. The highest BCUT2D eigenvalue weighted by Crippen LogP contribution is 2.30. The van der Waals surface area contributed by atoms with Crippen LogP contribution in [0.25, 0.3) is 0 Å². The van der Waals surface area contributed by atoms with Gasteiger partial charge < -0.3 is 15.2 Å². The van der Waals surface area contributed by atoms with Crippen LogP contribution in [0.1, 0.15) is 0 Å². The zero-order chi connectivity index (χ0) is 12.8. The van der Waals surface area contributed by atoms with Crippen LogP contribution in [0.3, 0.4) is 0 Å². The first-order valence-corrected chi connectivity index (χ1v) is 5.85. The molecule has 17 heavy (non-hydrogen) atoms. The second kappa shape index (κ2) is 6.21. The lowest BCUT2D eigenvalue weighted by molar-refractivity contribution is -0.137. The van der Waals surface area contributed by atoms with Crippen molar-refractivity contribution >= 4 is 40.2 Å². The first-order chi connectivity index (χ1) is 8.06. The highest BCUT2D eigenvalue weighted by molar-refractivity contribution is 8.05. The van der Waals surface area contributed by atoms with E-state index in [2.05, 4.69) is 19.7 Å². The fourth-order valence-corrected chi connectivity index (χ4v) is 2.38. The number of hydrogen-bond donors (Lipinski definition) is 1. The number of aromatic nitrogens is 2. The van der Waals surface area contributed by atoms with Crippen molar-refractivity contribution in [3.8, 4) is 0 Å². The molecule has 2 N–H and O–H groups in total. The number of nitrogens with two attached hydrogens (primary N) is 1. The number of ether oxygens (including phenoxy) is 2. The summed E-state index contributed by atoms with van der Waals surface area (Å²) in [5.74, 6) is -1.32. The molecular weight excluding hydrogens is 266 g/mol. The second-order valence-corrected chi connectivity index (χ2v) is 4.83. The van der Waals surface area contributed by atoms with Gasteiger partial charge >= 0.3 is 11.9 Å². The van der Waals surface area contributed by atoms with E-state index in [9.17, 15) is 9.59 Å². The number of hydrogen-bond acceptors (Lipinski definition) is 9. The average Bonchev–Trinajstić information content (AvgIpc) is 2.72. The summed E-state index contributed by atoms with van der Waals surface area (Å²) in [4.78, 5) is 22.5. The zero-order valence-corrected chi connectivity index (χ0v) is 10.6. The molecule has 1 heterocycles. The normalized spacial score (nSPS) is 11.1. The summed E-state index contributed by atoms with van der Waals surface area (Å²) in [6, 6.07) is 0. The van der Waals surface area contributed by atoms with Gasteiger partial charge in [0.05, 0.1) is 14.2 Å². The number of esters is 2. The molecule has 1 rings (SSSR count). The average molecular weight is 275 g/mol. The summed E-state index contributed by atoms with van der Waals surface area (Å²) in [6.07, 6.45) is 1.02. The molecule has 0 aliphatic heterocycles. The molecule has 1 aromatic heterocycles. The highest BCUT2D eigenvalue weighted by atomic mass is 32.2. The van der Waals surface area contributed by atoms with Crippen molar-refractivity contribution in [2.75, 3.05) is 20.0 Å². The summed E-state index contributed by atoms with van der Waals surface area (Å²) in [5, 5.41) is 7.57. The number of carbonyl (C=O) groups is 2. The minimum Gasteiger partial charge on any atom is -0.466 e. The van der Waals surface area contributed by atoms with Crippen LogP contribution in [-0.2, 0) is 19.1 Å². The molecule has 1 aromatic rings. The second-order valence-electron chi connectivity index (χ2n) is 2.53. The monoisotopic (exact) mass is 275 g/mol. The standard InChI is InChI=1S/C8H9N3O4S2/c1-14-5(12)3-4(6(13)15-2)16-8-11-10-7(9)17-8/h3H,1-2H3,(H2,9,10)/b4-3-. The number of anilines is 1. The topological polar surface area (TPSA) is 104 Å². The van der Waals surface area contributed by atoms with Gasteiger partial charge in [0.25, 0.3) is 0 Å². The molecule has 0 spiro atoms. The largest absolute Gasteiger partial charge is 0.466 e. The Hall–Kier alpha value is -1.61. The van der Waals surface area contributed by atoms with Crippen LogP contribution < -0.4 is 5.73 Å². The Morgan fingerprint density at radius 1 is 1.35 bits per heavy atom. The molecule has 9 heteroatoms. The van der Waals surface area contributed by atoms with Gasteiger partial charge in [-0.3, -0.25) is 0 Å². The lowest BCUT2D eigenvalue weighted by Crippen LogP contribution is -2.05. The lowest BCUT2D eigenvalue weighted by Gasteiger charge is -2.01. The van der Waals surface area contributed by atoms with E-state index in [-0.39, 0.29) is 10.0 Å². The van der Waals surface area contributed by atoms with Gasteiger partial charge in [0.15, 0.2) is 4.34 Å². The van der Waals surface area contributed by atoms with Crippen LogP contribution in [0.5, 0.6) is 0 Å². The van der Waals surface area contributed by atoms with Gasteiger partial charge in [0.1, 0.15) is 4.91 Å². The Balaban J connectivity index is 2.88. The van der Waals surface area contributed by atoms with Crippen molar-refractivity contribution in [1.82, 2.24) is 10.2 Å². The van der Waals surface area contributed by atoms with E-state index in [1.54, 1.807) is 0 Å². The van der Waals surface area contributed by atoms with E-state index in [4.69, 9.17) is 5.73 Å². The predicted molar refractivity (Wildman–Crippen MR) is 62.3 cm³/mol.